The zero-order valence-electron chi connectivity index (χ0n) is 18.8. The van der Waals surface area contributed by atoms with Gasteiger partial charge in [0, 0.05) is 37.9 Å². The lowest BCUT2D eigenvalue weighted by Gasteiger charge is -2.38. The van der Waals surface area contributed by atoms with Gasteiger partial charge >= 0.3 is 0 Å². The van der Waals surface area contributed by atoms with Crippen molar-refractivity contribution in [3.63, 3.8) is 0 Å². The highest BCUT2D eigenvalue weighted by Crippen LogP contribution is 2.38. The predicted octanol–water partition coefficient (Wildman–Crippen LogP) is 3.68. The molecule has 3 heterocycles. The Morgan fingerprint density at radius 3 is 2.62 bits per heavy atom. The van der Waals surface area contributed by atoms with Gasteiger partial charge in [-0.05, 0) is 63.3 Å². The summed E-state index contributed by atoms with van der Waals surface area (Å²) in [4.78, 5) is 20.7. The van der Waals surface area contributed by atoms with Gasteiger partial charge in [-0.15, -0.1) is 12.4 Å². The summed E-state index contributed by atoms with van der Waals surface area (Å²) < 4.78 is 11.8. The Morgan fingerprint density at radius 2 is 1.94 bits per heavy atom. The summed E-state index contributed by atoms with van der Waals surface area (Å²) >= 11 is 0. The maximum absolute atomic E-state index is 12.7. The lowest BCUT2D eigenvalue weighted by Crippen LogP contribution is -2.51. The second-order valence-electron chi connectivity index (χ2n) is 9.35. The van der Waals surface area contributed by atoms with Crippen molar-refractivity contribution in [1.82, 2.24) is 10.2 Å². The van der Waals surface area contributed by atoms with Gasteiger partial charge in [-0.2, -0.15) is 0 Å². The average Bonchev–Trinajstić information content (AvgIpc) is 3.57. The Bertz CT molecular complexity index is 842. The fourth-order valence-corrected chi connectivity index (χ4v) is 5.33. The standard InChI is InChI=1S/C24H33N3O4.ClH/c1-29-21-9-8-17(15-22(21)30-18-5-2-3-6-18)20-16-24(31-26-20)10-13-27(14-11-24)23(28)19-7-4-12-25-19;/h8-9,15,18-19,25H,2-7,10-14,16H2,1H3;1H/t19-;/m0./s1. The lowest BCUT2D eigenvalue weighted by molar-refractivity contribution is -0.138. The molecule has 0 unspecified atom stereocenters. The molecule has 0 aromatic heterocycles. The van der Waals surface area contributed by atoms with Gasteiger partial charge in [0.05, 0.1) is 25.0 Å². The normalized spacial score (nSPS) is 24.7. The van der Waals surface area contributed by atoms with Crippen molar-refractivity contribution in [3.05, 3.63) is 23.8 Å². The van der Waals surface area contributed by atoms with Gasteiger partial charge in [0.25, 0.3) is 0 Å². The first-order chi connectivity index (χ1) is 15.2. The van der Waals surface area contributed by atoms with Crippen molar-refractivity contribution in [1.29, 1.82) is 0 Å². The van der Waals surface area contributed by atoms with Crippen molar-refractivity contribution in [2.45, 2.75) is 75.5 Å². The molecule has 1 aromatic rings. The summed E-state index contributed by atoms with van der Waals surface area (Å²) in [6.07, 6.45) is 9.38. The summed E-state index contributed by atoms with van der Waals surface area (Å²) in [5.74, 6) is 1.80. The molecule has 176 valence electrons. The van der Waals surface area contributed by atoms with E-state index in [0.717, 1.165) is 87.4 Å². The first-order valence-corrected chi connectivity index (χ1v) is 11.8. The third-order valence-corrected chi connectivity index (χ3v) is 7.28. The van der Waals surface area contributed by atoms with Crippen LogP contribution in [0.2, 0.25) is 0 Å². The van der Waals surface area contributed by atoms with E-state index >= 15 is 0 Å². The number of hydrogen-bond donors (Lipinski definition) is 1. The zero-order valence-corrected chi connectivity index (χ0v) is 19.6. The summed E-state index contributed by atoms with van der Waals surface area (Å²) in [5, 5.41) is 7.78. The number of piperidine rings is 1. The molecule has 4 aliphatic rings. The molecule has 0 bridgehead atoms. The lowest BCUT2D eigenvalue weighted by atomic mass is 9.85. The molecule has 5 rings (SSSR count). The summed E-state index contributed by atoms with van der Waals surface area (Å²) in [6.45, 7) is 2.42. The number of nitrogens with one attached hydrogen (secondary N) is 1. The number of carbonyl (C=O) groups is 1. The second kappa shape index (κ2) is 9.87. The second-order valence-corrected chi connectivity index (χ2v) is 9.35. The minimum atomic E-state index is -0.290. The molecule has 3 fully saturated rings. The van der Waals surface area contributed by atoms with Crippen LogP contribution in [0.5, 0.6) is 11.5 Å². The van der Waals surface area contributed by atoms with Crippen molar-refractivity contribution in [2.75, 3.05) is 26.7 Å². The molecule has 1 N–H and O–H groups in total. The molecule has 1 atom stereocenters. The number of carbonyl (C=O) groups excluding carboxylic acids is 1. The van der Waals surface area contributed by atoms with Crippen LogP contribution in [0.4, 0.5) is 0 Å². The molecule has 1 aliphatic carbocycles. The largest absolute Gasteiger partial charge is 0.493 e. The van der Waals surface area contributed by atoms with Gasteiger partial charge in [0.15, 0.2) is 11.5 Å². The van der Waals surface area contributed by atoms with Crippen LogP contribution in [-0.2, 0) is 9.63 Å². The molecule has 1 saturated carbocycles. The van der Waals surface area contributed by atoms with E-state index in [0.29, 0.717) is 0 Å². The van der Waals surface area contributed by atoms with Crippen LogP contribution in [0, 0.1) is 0 Å². The first-order valence-electron chi connectivity index (χ1n) is 11.8. The summed E-state index contributed by atoms with van der Waals surface area (Å²) in [7, 11) is 1.68. The number of rotatable bonds is 5. The topological polar surface area (TPSA) is 72.4 Å². The zero-order chi connectivity index (χ0) is 21.3. The van der Waals surface area contributed by atoms with Gasteiger partial charge in [-0.25, -0.2) is 0 Å². The van der Waals surface area contributed by atoms with Crippen LogP contribution in [0.25, 0.3) is 0 Å². The van der Waals surface area contributed by atoms with Crippen molar-refractivity contribution < 1.29 is 19.1 Å². The van der Waals surface area contributed by atoms with E-state index in [4.69, 9.17) is 14.3 Å². The Hall–Kier alpha value is -1.99. The quantitative estimate of drug-likeness (QED) is 0.721. The number of oxime groups is 1. The van der Waals surface area contributed by atoms with E-state index in [9.17, 15) is 4.79 Å². The number of methoxy groups -OCH3 is 1. The monoisotopic (exact) mass is 463 g/mol. The minimum absolute atomic E-state index is 0. The van der Waals surface area contributed by atoms with E-state index in [-0.39, 0.29) is 36.1 Å². The maximum atomic E-state index is 12.7. The van der Waals surface area contributed by atoms with Crippen molar-refractivity contribution >= 4 is 24.0 Å². The third kappa shape index (κ3) is 4.69. The molecule has 0 radical (unpaired) electrons. The number of amides is 1. The molecule has 1 amide bonds. The van der Waals surface area contributed by atoms with E-state index in [2.05, 4.69) is 10.5 Å². The summed E-state index contributed by atoms with van der Waals surface area (Å²) in [5.41, 5.74) is 1.69. The van der Waals surface area contributed by atoms with E-state index in [1.165, 1.54) is 12.8 Å². The number of hydrogen-bond acceptors (Lipinski definition) is 6. The number of likely N-dealkylation sites (tertiary alicyclic amines) is 1. The van der Waals surface area contributed by atoms with E-state index in [1.807, 2.05) is 23.1 Å². The molecule has 7 nitrogen and oxygen atoms in total. The molecule has 32 heavy (non-hydrogen) atoms. The SMILES string of the molecule is COc1ccc(C2=NOC3(CCN(C(=O)[C@@H]4CCCN4)CC3)C2)cc1OC1CCCC1.Cl. The van der Waals surface area contributed by atoms with Crippen LogP contribution in [0.1, 0.15) is 63.4 Å². The van der Waals surface area contributed by atoms with E-state index in [1.54, 1.807) is 7.11 Å². The molecule has 1 aromatic carbocycles. The van der Waals surface area contributed by atoms with Gasteiger partial charge in [0.2, 0.25) is 5.91 Å². The molecule has 3 aliphatic heterocycles. The average molecular weight is 464 g/mol. The highest BCUT2D eigenvalue weighted by Gasteiger charge is 2.44. The third-order valence-electron chi connectivity index (χ3n) is 7.28. The van der Waals surface area contributed by atoms with Crippen molar-refractivity contribution in [3.8, 4) is 11.5 Å². The van der Waals surface area contributed by atoms with Gasteiger partial charge in [-0.3, -0.25) is 4.79 Å². The van der Waals surface area contributed by atoms with Gasteiger partial charge in [-0.1, -0.05) is 5.16 Å². The Balaban J connectivity index is 0.00000245. The molecular formula is C24H34ClN3O4. The van der Waals surface area contributed by atoms with Gasteiger partial charge < -0.3 is 24.5 Å². The molecular weight excluding hydrogens is 430 g/mol. The highest BCUT2D eigenvalue weighted by molar-refractivity contribution is 6.02. The molecule has 2 saturated heterocycles. The number of benzene rings is 1. The fourth-order valence-electron chi connectivity index (χ4n) is 5.33. The number of nitrogens with zero attached hydrogens (tertiary/aromatic N) is 2. The minimum Gasteiger partial charge on any atom is -0.493 e. The fraction of sp³-hybridized carbons (Fsp3) is 0.667. The van der Waals surface area contributed by atoms with Crippen LogP contribution in [0.3, 0.4) is 0 Å². The smallest absolute Gasteiger partial charge is 0.239 e. The molecule has 8 heteroatoms. The van der Waals surface area contributed by atoms with Crippen LogP contribution >= 0.6 is 12.4 Å². The summed E-state index contributed by atoms with van der Waals surface area (Å²) in [6, 6.07) is 6.04. The van der Waals surface area contributed by atoms with Gasteiger partial charge in [0.1, 0.15) is 5.60 Å². The maximum Gasteiger partial charge on any atom is 0.239 e. The van der Waals surface area contributed by atoms with Crippen molar-refractivity contribution in [2.24, 2.45) is 5.16 Å². The van der Waals surface area contributed by atoms with Crippen LogP contribution in [-0.4, -0.2) is 61.0 Å². The first kappa shape index (κ1) is 23.2. The Morgan fingerprint density at radius 1 is 1.16 bits per heavy atom. The van der Waals surface area contributed by atoms with Crippen LogP contribution in [0.15, 0.2) is 23.4 Å². The Labute approximate surface area is 196 Å². The molecule has 1 spiro atoms. The van der Waals surface area contributed by atoms with E-state index < -0.39 is 0 Å². The van der Waals surface area contributed by atoms with Crippen LogP contribution < -0.4 is 14.8 Å². The predicted molar refractivity (Wildman–Crippen MR) is 125 cm³/mol. The highest BCUT2D eigenvalue weighted by atomic mass is 35.5. The Kier molecular flexibility index (Phi) is 7.15. The number of ether oxygens (including phenoxy) is 2. The number of halogens is 1.